The van der Waals surface area contributed by atoms with Gasteiger partial charge in [-0.05, 0) is 92.6 Å². The number of aryl methyl sites for hydroxylation is 4. The van der Waals surface area contributed by atoms with Crippen LogP contribution in [0.15, 0.2) is 28.8 Å². The van der Waals surface area contributed by atoms with Gasteiger partial charge in [0.2, 0.25) is 5.82 Å². The predicted octanol–water partition coefficient (Wildman–Crippen LogP) is 6.52. The molecule has 0 amide bonds. The minimum atomic E-state index is -0.980. The number of aromatic carboxylic acids is 1. The highest BCUT2D eigenvalue weighted by molar-refractivity contribution is 7.17. The number of ether oxygens (including phenoxy) is 1. The number of thiophene rings is 2. The van der Waals surface area contributed by atoms with Crippen LogP contribution in [-0.4, -0.2) is 46.4 Å². The number of hydrogen-bond donors (Lipinski definition) is 1. The SMILES string of the molecule is CCOC(=O)CCc1c(C)cc(-c2noc(-c3cc(C)c(C=O)s3)n2)cc1CC.Cc1cc(C(=O)O)sc1C=O. The molecule has 4 rings (SSSR count). The third-order valence-electron chi connectivity index (χ3n) is 6.06. The Balaban J connectivity index is 0.000000336. The molecule has 0 saturated heterocycles. The van der Waals surface area contributed by atoms with E-state index in [1.54, 1.807) is 6.92 Å². The number of benzene rings is 1. The Labute approximate surface area is 239 Å². The van der Waals surface area contributed by atoms with Crippen molar-refractivity contribution in [2.75, 3.05) is 6.61 Å². The smallest absolute Gasteiger partial charge is 0.345 e. The van der Waals surface area contributed by atoms with Gasteiger partial charge in [-0.1, -0.05) is 12.1 Å². The second kappa shape index (κ2) is 13.9. The van der Waals surface area contributed by atoms with Crippen molar-refractivity contribution in [2.24, 2.45) is 0 Å². The molecular weight excluding hydrogens is 552 g/mol. The summed E-state index contributed by atoms with van der Waals surface area (Å²) < 4.78 is 10.5. The predicted molar refractivity (Wildman–Crippen MR) is 154 cm³/mol. The highest BCUT2D eigenvalue weighted by Gasteiger charge is 2.17. The lowest BCUT2D eigenvalue weighted by Gasteiger charge is -2.13. The van der Waals surface area contributed by atoms with Crippen LogP contribution in [0.4, 0.5) is 0 Å². The van der Waals surface area contributed by atoms with Gasteiger partial charge < -0.3 is 14.4 Å². The average molecular weight is 583 g/mol. The summed E-state index contributed by atoms with van der Waals surface area (Å²) in [4.78, 5) is 50.1. The van der Waals surface area contributed by atoms with Gasteiger partial charge in [-0.15, -0.1) is 22.7 Å². The minimum absolute atomic E-state index is 0.179. The van der Waals surface area contributed by atoms with E-state index in [4.69, 9.17) is 14.4 Å². The summed E-state index contributed by atoms with van der Waals surface area (Å²) in [5, 5.41) is 12.6. The van der Waals surface area contributed by atoms with Gasteiger partial charge in [-0.25, -0.2) is 4.79 Å². The van der Waals surface area contributed by atoms with E-state index in [1.807, 2.05) is 32.9 Å². The van der Waals surface area contributed by atoms with Gasteiger partial charge in [0.15, 0.2) is 12.6 Å². The summed E-state index contributed by atoms with van der Waals surface area (Å²) in [6.07, 6.45) is 3.36. The van der Waals surface area contributed by atoms with Crippen molar-refractivity contribution >= 4 is 47.2 Å². The molecule has 0 radical (unpaired) electrons. The maximum absolute atomic E-state index is 11.7. The summed E-state index contributed by atoms with van der Waals surface area (Å²) in [6.45, 7) is 9.92. The van der Waals surface area contributed by atoms with Gasteiger partial charge in [0.1, 0.15) is 4.88 Å². The first-order chi connectivity index (χ1) is 19.1. The van der Waals surface area contributed by atoms with Crippen molar-refractivity contribution in [3.05, 3.63) is 66.7 Å². The molecule has 9 nitrogen and oxygen atoms in total. The Kier molecular flexibility index (Phi) is 10.6. The highest BCUT2D eigenvalue weighted by Crippen LogP contribution is 2.32. The fraction of sp³-hybridized carbons (Fsp3) is 0.310. The molecule has 1 aromatic carbocycles. The van der Waals surface area contributed by atoms with E-state index in [9.17, 15) is 19.2 Å². The third-order valence-corrected chi connectivity index (χ3v) is 8.36. The Hall–Kier alpha value is -3.96. The maximum atomic E-state index is 11.7. The first-order valence-electron chi connectivity index (χ1n) is 12.6. The molecule has 0 atom stereocenters. The first-order valence-corrected chi connectivity index (χ1v) is 14.2. The topological polar surface area (TPSA) is 137 Å². The van der Waals surface area contributed by atoms with E-state index in [1.165, 1.54) is 17.4 Å². The zero-order valence-corrected chi connectivity index (χ0v) is 24.5. The molecule has 0 aliphatic heterocycles. The molecule has 210 valence electrons. The molecule has 3 aromatic heterocycles. The molecule has 0 aliphatic rings. The van der Waals surface area contributed by atoms with Gasteiger partial charge in [0, 0.05) is 12.0 Å². The molecule has 3 heterocycles. The number of esters is 1. The van der Waals surface area contributed by atoms with Crippen LogP contribution in [-0.2, 0) is 22.4 Å². The van der Waals surface area contributed by atoms with Crippen LogP contribution in [0, 0.1) is 20.8 Å². The van der Waals surface area contributed by atoms with Crippen LogP contribution < -0.4 is 0 Å². The summed E-state index contributed by atoms with van der Waals surface area (Å²) in [7, 11) is 0. The summed E-state index contributed by atoms with van der Waals surface area (Å²) >= 11 is 2.34. The largest absolute Gasteiger partial charge is 0.477 e. The number of carbonyl (C=O) groups excluding carboxylic acids is 3. The van der Waals surface area contributed by atoms with E-state index < -0.39 is 5.97 Å². The number of carboxylic acids is 1. The Bertz CT molecular complexity index is 1530. The van der Waals surface area contributed by atoms with Crippen molar-refractivity contribution in [2.45, 2.75) is 53.9 Å². The monoisotopic (exact) mass is 582 g/mol. The van der Waals surface area contributed by atoms with Crippen LogP contribution in [0.3, 0.4) is 0 Å². The molecule has 4 aromatic rings. The number of aromatic nitrogens is 2. The van der Waals surface area contributed by atoms with Crippen LogP contribution >= 0.6 is 22.7 Å². The maximum Gasteiger partial charge on any atom is 0.345 e. The zero-order valence-electron chi connectivity index (χ0n) is 22.9. The van der Waals surface area contributed by atoms with Gasteiger partial charge in [0.05, 0.1) is 21.2 Å². The standard InChI is InChI=1S/C22H24N2O4S.C7H6O3S/c1-5-15-11-16(9-13(3)17(15)7-8-20(26)27-6-2)21-23-22(28-24-21)18-10-14(4)19(12-25)29-18;1-4-2-5(7(9)10)11-6(4)3-8/h9-12H,5-8H2,1-4H3;2-3H,1H3,(H,9,10). The van der Waals surface area contributed by atoms with Gasteiger partial charge in [0.25, 0.3) is 5.89 Å². The fourth-order valence-electron chi connectivity index (χ4n) is 4.03. The molecule has 40 heavy (non-hydrogen) atoms. The van der Waals surface area contributed by atoms with Crippen molar-refractivity contribution in [3.63, 3.8) is 0 Å². The first kappa shape index (κ1) is 30.6. The van der Waals surface area contributed by atoms with Crippen molar-refractivity contribution in [3.8, 4) is 22.2 Å². The molecule has 11 heteroatoms. The summed E-state index contributed by atoms with van der Waals surface area (Å²) in [5.41, 5.74) is 5.91. The zero-order chi connectivity index (χ0) is 29.4. The highest BCUT2D eigenvalue weighted by atomic mass is 32.1. The number of hydrogen-bond acceptors (Lipinski definition) is 10. The Morgan fingerprint density at radius 2 is 1.65 bits per heavy atom. The second-order valence-electron chi connectivity index (χ2n) is 8.87. The van der Waals surface area contributed by atoms with E-state index >= 15 is 0 Å². The third kappa shape index (κ3) is 7.36. The second-order valence-corrected chi connectivity index (χ2v) is 11.0. The minimum Gasteiger partial charge on any atom is -0.477 e. The molecule has 0 bridgehead atoms. The molecule has 0 spiro atoms. The lowest BCUT2D eigenvalue weighted by atomic mass is 9.93. The summed E-state index contributed by atoms with van der Waals surface area (Å²) in [6, 6.07) is 7.45. The number of nitrogens with zero attached hydrogens (tertiary/aromatic N) is 2. The van der Waals surface area contributed by atoms with Gasteiger partial charge in [-0.2, -0.15) is 4.98 Å². The fourth-order valence-corrected chi connectivity index (χ4v) is 5.77. The van der Waals surface area contributed by atoms with Crippen molar-refractivity contribution in [1.29, 1.82) is 0 Å². The molecule has 1 N–H and O–H groups in total. The lowest BCUT2D eigenvalue weighted by molar-refractivity contribution is -0.143. The van der Waals surface area contributed by atoms with Gasteiger partial charge in [-0.3, -0.25) is 14.4 Å². The number of aldehydes is 2. The van der Waals surface area contributed by atoms with Gasteiger partial charge >= 0.3 is 11.9 Å². The van der Waals surface area contributed by atoms with Crippen molar-refractivity contribution < 1.29 is 33.5 Å². The quantitative estimate of drug-likeness (QED) is 0.164. The van der Waals surface area contributed by atoms with Crippen LogP contribution in [0.2, 0.25) is 0 Å². The van der Waals surface area contributed by atoms with Crippen LogP contribution in [0.25, 0.3) is 22.2 Å². The molecule has 0 saturated carbocycles. The van der Waals surface area contributed by atoms with Crippen LogP contribution in [0.1, 0.15) is 77.1 Å². The van der Waals surface area contributed by atoms with Crippen molar-refractivity contribution in [1.82, 2.24) is 10.1 Å². The Morgan fingerprint density at radius 3 is 2.20 bits per heavy atom. The normalized spacial score (nSPS) is 10.5. The van der Waals surface area contributed by atoms with E-state index in [0.29, 0.717) is 47.2 Å². The van der Waals surface area contributed by atoms with E-state index in [2.05, 4.69) is 23.1 Å². The molecular formula is C29H30N2O7S2. The number of rotatable bonds is 10. The average Bonchev–Trinajstić information content (AvgIpc) is 3.66. The molecule has 0 unspecified atom stereocenters. The van der Waals surface area contributed by atoms with E-state index in [0.717, 1.165) is 62.3 Å². The summed E-state index contributed by atoms with van der Waals surface area (Å²) in [5.74, 6) is -0.246. The number of carbonyl (C=O) groups is 4. The molecule has 0 fully saturated rings. The Morgan fingerprint density at radius 1 is 0.975 bits per heavy atom. The lowest BCUT2D eigenvalue weighted by Crippen LogP contribution is -2.07. The van der Waals surface area contributed by atoms with E-state index in [-0.39, 0.29) is 10.8 Å². The van der Waals surface area contributed by atoms with Crippen LogP contribution in [0.5, 0.6) is 0 Å². The molecule has 0 aliphatic carbocycles. The number of carboxylic acid groups (broad SMARTS) is 1.